The van der Waals surface area contributed by atoms with Gasteiger partial charge in [0.1, 0.15) is 0 Å². The van der Waals surface area contributed by atoms with E-state index in [1.807, 2.05) is 12.1 Å². The first-order chi connectivity index (χ1) is 7.68. The molecule has 1 aromatic carbocycles. The van der Waals surface area contributed by atoms with Gasteiger partial charge < -0.3 is 5.32 Å². The van der Waals surface area contributed by atoms with Crippen molar-refractivity contribution >= 4 is 23.2 Å². The van der Waals surface area contributed by atoms with E-state index < -0.39 is 0 Å². The molecule has 88 valence electrons. The maximum absolute atomic E-state index is 6.06. The minimum atomic E-state index is 0.323. The minimum Gasteiger partial charge on any atom is -0.316 e. The van der Waals surface area contributed by atoms with Gasteiger partial charge in [-0.3, -0.25) is 0 Å². The van der Waals surface area contributed by atoms with Gasteiger partial charge in [-0.15, -0.1) is 0 Å². The van der Waals surface area contributed by atoms with Crippen LogP contribution in [0.3, 0.4) is 0 Å². The van der Waals surface area contributed by atoms with E-state index in [4.69, 9.17) is 23.2 Å². The van der Waals surface area contributed by atoms with Gasteiger partial charge in [-0.2, -0.15) is 0 Å². The fourth-order valence-corrected chi connectivity index (χ4v) is 2.35. The third-order valence-corrected chi connectivity index (χ3v) is 4.01. The van der Waals surface area contributed by atoms with Crippen LogP contribution in [-0.4, -0.2) is 13.1 Å². The van der Waals surface area contributed by atoms with Crippen molar-refractivity contribution < 1.29 is 0 Å². The van der Waals surface area contributed by atoms with Crippen molar-refractivity contribution in [3.8, 4) is 0 Å². The average Bonchev–Trinajstić information content (AvgIpc) is 3.04. The molecule has 0 atom stereocenters. The fraction of sp³-hybridized carbons (Fsp3) is 0.538. The zero-order valence-electron chi connectivity index (χ0n) is 9.52. The second kappa shape index (κ2) is 4.95. The Bertz CT molecular complexity index is 372. The summed E-state index contributed by atoms with van der Waals surface area (Å²) in [4.78, 5) is 0. The molecule has 1 N–H and O–H groups in total. The topological polar surface area (TPSA) is 12.0 Å². The molecule has 0 amide bonds. The van der Waals surface area contributed by atoms with Crippen LogP contribution >= 0.6 is 23.2 Å². The third-order valence-electron chi connectivity index (χ3n) is 3.28. The summed E-state index contributed by atoms with van der Waals surface area (Å²) in [5, 5.41) is 4.80. The molecule has 1 aromatic rings. The molecular formula is C13H17Cl2N. The Morgan fingerprint density at radius 2 is 2.00 bits per heavy atom. The van der Waals surface area contributed by atoms with Crippen LogP contribution in [0.2, 0.25) is 10.0 Å². The van der Waals surface area contributed by atoms with Crippen LogP contribution in [-0.2, 0) is 5.41 Å². The Morgan fingerprint density at radius 3 is 2.56 bits per heavy atom. The number of halogens is 2. The molecule has 0 radical (unpaired) electrons. The normalized spacial score (nSPS) is 17.4. The number of rotatable bonds is 5. The first-order valence-corrected chi connectivity index (χ1v) is 6.60. The van der Waals surface area contributed by atoms with Crippen molar-refractivity contribution in [2.75, 3.05) is 13.1 Å². The molecule has 3 heteroatoms. The van der Waals surface area contributed by atoms with Crippen molar-refractivity contribution in [1.82, 2.24) is 5.32 Å². The van der Waals surface area contributed by atoms with Crippen LogP contribution in [0.25, 0.3) is 0 Å². The molecule has 2 rings (SSSR count). The maximum atomic E-state index is 6.06. The Balaban J connectivity index is 2.08. The highest BCUT2D eigenvalue weighted by atomic mass is 35.5. The second-order valence-corrected chi connectivity index (χ2v) is 5.40. The molecule has 0 spiro atoms. The highest BCUT2D eigenvalue weighted by molar-refractivity contribution is 6.42. The van der Waals surface area contributed by atoms with Gasteiger partial charge >= 0.3 is 0 Å². The molecule has 0 saturated heterocycles. The van der Waals surface area contributed by atoms with E-state index >= 15 is 0 Å². The molecule has 0 aromatic heterocycles. The van der Waals surface area contributed by atoms with Gasteiger partial charge in [-0.25, -0.2) is 0 Å². The van der Waals surface area contributed by atoms with Crippen LogP contribution < -0.4 is 5.32 Å². The van der Waals surface area contributed by atoms with E-state index in [1.165, 1.54) is 24.8 Å². The molecule has 1 aliphatic carbocycles. The van der Waals surface area contributed by atoms with E-state index in [0.29, 0.717) is 15.5 Å². The maximum Gasteiger partial charge on any atom is 0.0595 e. The lowest BCUT2D eigenvalue weighted by molar-refractivity contribution is 0.571. The summed E-state index contributed by atoms with van der Waals surface area (Å²) in [5.41, 5.74) is 1.65. The molecular weight excluding hydrogens is 241 g/mol. The number of hydrogen-bond acceptors (Lipinski definition) is 1. The smallest absolute Gasteiger partial charge is 0.0595 e. The van der Waals surface area contributed by atoms with E-state index in [-0.39, 0.29) is 0 Å². The van der Waals surface area contributed by atoms with Crippen molar-refractivity contribution in [3.05, 3.63) is 33.8 Å². The zero-order chi connectivity index (χ0) is 11.6. The van der Waals surface area contributed by atoms with Gasteiger partial charge in [-0.05, 0) is 43.5 Å². The lowest BCUT2D eigenvalue weighted by Gasteiger charge is -2.17. The van der Waals surface area contributed by atoms with Crippen LogP contribution in [0.4, 0.5) is 0 Å². The summed E-state index contributed by atoms with van der Waals surface area (Å²) in [6.07, 6.45) is 3.68. The summed E-state index contributed by atoms with van der Waals surface area (Å²) >= 11 is 12.0. The Labute approximate surface area is 107 Å². The molecule has 1 aliphatic rings. The lowest BCUT2D eigenvalue weighted by atomic mass is 9.96. The van der Waals surface area contributed by atoms with Crippen LogP contribution in [0.15, 0.2) is 18.2 Å². The minimum absolute atomic E-state index is 0.323. The zero-order valence-corrected chi connectivity index (χ0v) is 11.0. The predicted octanol–water partition coefficient (Wildman–Crippen LogP) is 4.02. The van der Waals surface area contributed by atoms with E-state index in [0.717, 1.165) is 13.1 Å². The highest BCUT2D eigenvalue weighted by Gasteiger charge is 2.43. The highest BCUT2D eigenvalue weighted by Crippen LogP contribution is 2.48. The van der Waals surface area contributed by atoms with Gasteiger partial charge in [0.25, 0.3) is 0 Å². The van der Waals surface area contributed by atoms with Gasteiger partial charge in [0.05, 0.1) is 10.0 Å². The molecule has 1 saturated carbocycles. The first-order valence-electron chi connectivity index (χ1n) is 5.84. The Kier molecular flexibility index (Phi) is 3.78. The van der Waals surface area contributed by atoms with E-state index in [1.54, 1.807) is 0 Å². The lowest BCUT2D eigenvalue weighted by Crippen LogP contribution is -2.27. The summed E-state index contributed by atoms with van der Waals surface area (Å²) < 4.78 is 0. The monoisotopic (exact) mass is 257 g/mol. The molecule has 1 nitrogen and oxygen atoms in total. The number of benzene rings is 1. The van der Waals surface area contributed by atoms with Gasteiger partial charge in [-0.1, -0.05) is 36.2 Å². The van der Waals surface area contributed by atoms with E-state index in [9.17, 15) is 0 Å². The van der Waals surface area contributed by atoms with Crippen LogP contribution in [0.5, 0.6) is 0 Å². The molecule has 16 heavy (non-hydrogen) atoms. The summed E-state index contributed by atoms with van der Waals surface area (Å²) in [7, 11) is 0. The molecule has 0 bridgehead atoms. The SMILES string of the molecule is CCCNCC1(c2ccc(Cl)c(Cl)c2)CC1. The summed E-state index contributed by atoms with van der Waals surface area (Å²) in [5.74, 6) is 0. The molecule has 0 aliphatic heterocycles. The quantitative estimate of drug-likeness (QED) is 0.786. The van der Waals surface area contributed by atoms with E-state index in [2.05, 4.69) is 18.3 Å². The van der Waals surface area contributed by atoms with Crippen molar-refractivity contribution in [3.63, 3.8) is 0 Å². The summed E-state index contributed by atoms with van der Waals surface area (Å²) in [6.45, 7) is 4.33. The standard InChI is InChI=1S/C13H17Cl2N/c1-2-7-16-9-13(5-6-13)10-3-4-11(14)12(15)8-10/h3-4,8,16H,2,5-7,9H2,1H3. The van der Waals surface area contributed by atoms with Gasteiger partial charge in [0.15, 0.2) is 0 Å². The largest absolute Gasteiger partial charge is 0.316 e. The summed E-state index contributed by atoms with van der Waals surface area (Å²) in [6, 6.07) is 6.03. The van der Waals surface area contributed by atoms with Crippen LogP contribution in [0.1, 0.15) is 31.7 Å². The van der Waals surface area contributed by atoms with Gasteiger partial charge in [0.2, 0.25) is 0 Å². The fourth-order valence-electron chi connectivity index (χ4n) is 2.05. The Hall–Kier alpha value is -0.240. The van der Waals surface area contributed by atoms with Crippen LogP contribution in [0, 0.1) is 0 Å². The molecule has 0 heterocycles. The first kappa shape index (κ1) is 12.2. The van der Waals surface area contributed by atoms with Crippen molar-refractivity contribution in [2.24, 2.45) is 0 Å². The Morgan fingerprint density at radius 1 is 1.25 bits per heavy atom. The van der Waals surface area contributed by atoms with Crippen molar-refractivity contribution in [1.29, 1.82) is 0 Å². The average molecular weight is 258 g/mol. The third kappa shape index (κ3) is 2.53. The predicted molar refractivity (Wildman–Crippen MR) is 70.5 cm³/mol. The van der Waals surface area contributed by atoms with Gasteiger partial charge in [0, 0.05) is 12.0 Å². The van der Waals surface area contributed by atoms with Crippen molar-refractivity contribution in [2.45, 2.75) is 31.6 Å². The number of hydrogen-bond donors (Lipinski definition) is 1. The molecule has 0 unspecified atom stereocenters. The number of nitrogens with one attached hydrogen (secondary N) is 1. The molecule has 1 fully saturated rings. The second-order valence-electron chi connectivity index (χ2n) is 4.59.